The summed E-state index contributed by atoms with van der Waals surface area (Å²) in [6, 6.07) is 0.259. The molecule has 0 unspecified atom stereocenters. The quantitative estimate of drug-likeness (QED) is 0.00962. The van der Waals surface area contributed by atoms with Crippen LogP contribution >= 0.6 is 0 Å². The number of terminal acetylenes is 1. The van der Waals surface area contributed by atoms with E-state index in [9.17, 15) is 67.7 Å². The number of fused-ring (bicyclic) bond motifs is 1. The average molecular weight is 1360 g/mol. The SMILES string of the molecule is C#CCCC(=O)NCCCC[C@@H](NC(=O)[C@H](Cc1ccc(O)cc1)NC(=O)[C@H](CO)NC(=O)[C@H](Cc1c[nH]c2ccccc12)NC(=O)[C@H](Cc1cnc[nH]1)NC(=O)[C@H](CC)NC(=O)CC)C(=O)N[C@@H](CC(C)C)C(=O)N[C@@H](CCCN=C(N)N)C(=O)N1CCC[C@H]1C(=O)NCC(N)=O. The van der Waals surface area contributed by atoms with Gasteiger partial charge in [0.15, 0.2) is 5.96 Å². The molecule has 0 saturated carbocycles. The van der Waals surface area contributed by atoms with Gasteiger partial charge in [-0.05, 0) is 93.0 Å². The van der Waals surface area contributed by atoms with Gasteiger partial charge in [0.2, 0.25) is 70.9 Å². The number of phenols is 1. The Hall–Kier alpha value is -10.6. The van der Waals surface area contributed by atoms with E-state index >= 15 is 0 Å². The molecule has 9 atom stereocenters. The fraction of sp³-hybridized carbons (Fsp3) is 0.515. The van der Waals surface area contributed by atoms with Crippen molar-refractivity contribution in [2.75, 3.05) is 32.8 Å². The highest BCUT2D eigenvalue weighted by Crippen LogP contribution is 2.22. The molecule has 12 amide bonds. The van der Waals surface area contributed by atoms with Crippen LogP contribution in [0.25, 0.3) is 10.9 Å². The van der Waals surface area contributed by atoms with E-state index in [4.69, 9.17) is 23.6 Å². The smallest absolute Gasteiger partial charge is 0.245 e. The van der Waals surface area contributed by atoms with E-state index < -0.39 is 133 Å². The molecule has 1 aliphatic rings. The lowest BCUT2D eigenvalue weighted by Crippen LogP contribution is -2.61. The third-order valence-corrected chi connectivity index (χ3v) is 16.1. The normalized spacial score (nSPS) is 15.0. The number of primary amides is 1. The Morgan fingerprint density at radius 1 is 0.684 bits per heavy atom. The number of carbonyl (C=O) groups is 12. The van der Waals surface area contributed by atoms with Crippen LogP contribution in [0.4, 0.5) is 0 Å². The van der Waals surface area contributed by atoms with Crippen LogP contribution in [0.2, 0.25) is 0 Å². The number of unbranched alkanes of at least 4 members (excludes halogenated alkanes) is 1. The van der Waals surface area contributed by atoms with Crippen molar-refractivity contribution in [3.8, 4) is 18.1 Å². The van der Waals surface area contributed by atoms with Gasteiger partial charge >= 0.3 is 0 Å². The predicted octanol–water partition coefficient (Wildman–Crippen LogP) is -2.29. The molecule has 1 fully saturated rings. The number of carbonyl (C=O) groups excluding carboxylic acids is 12. The maximum Gasteiger partial charge on any atom is 0.245 e. The first kappa shape index (κ1) is 78.1. The van der Waals surface area contributed by atoms with Gasteiger partial charge in [0, 0.05) is 87.1 Å². The molecule has 0 aliphatic carbocycles. The first-order chi connectivity index (χ1) is 46.8. The Morgan fingerprint density at radius 3 is 1.90 bits per heavy atom. The Labute approximate surface area is 567 Å². The van der Waals surface area contributed by atoms with Gasteiger partial charge in [0.25, 0.3) is 0 Å². The van der Waals surface area contributed by atoms with Gasteiger partial charge in [0.05, 0.1) is 19.5 Å². The first-order valence-electron chi connectivity index (χ1n) is 32.8. The molecule has 532 valence electrons. The van der Waals surface area contributed by atoms with E-state index in [1.54, 1.807) is 58.2 Å². The zero-order valence-electron chi connectivity index (χ0n) is 55.7. The first-order valence-corrected chi connectivity index (χ1v) is 32.8. The number of rotatable bonds is 41. The molecule has 1 saturated heterocycles. The average Bonchev–Trinajstić information content (AvgIpc) is 1.63. The molecule has 0 spiro atoms. The van der Waals surface area contributed by atoms with Crippen molar-refractivity contribution < 1.29 is 67.7 Å². The predicted molar refractivity (Wildman–Crippen MR) is 360 cm³/mol. The molecule has 0 bridgehead atoms. The summed E-state index contributed by atoms with van der Waals surface area (Å²) in [5, 5.41) is 48.4. The van der Waals surface area contributed by atoms with Crippen LogP contribution in [0, 0.1) is 18.3 Å². The number of aromatic amines is 2. The third kappa shape index (κ3) is 25.5. The molecule has 98 heavy (non-hydrogen) atoms. The minimum atomic E-state index is -1.82. The van der Waals surface area contributed by atoms with Crippen LogP contribution in [0.1, 0.15) is 122 Å². The van der Waals surface area contributed by atoms with Crippen LogP contribution in [0.5, 0.6) is 5.75 Å². The Morgan fingerprint density at radius 2 is 1.28 bits per heavy atom. The Bertz CT molecular complexity index is 3440. The number of hydrogen-bond donors (Lipinski definition) is 17. The van der Waals surface area contributed by atoms with Crippen molar-refractivity contribution in [3.05, 3.63) is 84.1 Å². The topological polar surface area (TPSA) is 504 Å². The van der Waals surface area contributed by atoms with Crippen molar-refractivity contribution in [2.45, 2.75) is 178 Å². The second-order valence-corrected chi connectivity index (χ2v) is 24.2. The molecule has 32 heteroatoms. The molecule has 4 aromatic rings. The van der Waals surface area contributed by atoms with Crippen LogP contribution in [-0.2, 0) is 76.8 Å². The minimum Gasteiger partial charge on any atom is -0.508 e. The van der Waals surface area contributed by atoms with Gasteiger partial charge in [-0.2, -0.15) is 0 Å². The van der Waals surface area contributed by atoms with Gasteiger partial charge in [0.1, 0.15) is 60.1 Å². The second-order valence-electron chi connectivity index (χ2n) is 24.2. The lowest BCUT2D eigenvalue weighted by Gasteiger charge is -2.30. The van der Waals surface area contributed by atoms with Crippen LogP contribution in [-0.4, -0.2) is 194 Å². The monoisotopic (exact) mass is 1360 g/mol. The number of aliphatic hydroxyl groups excluding tert-OH is 1. The Balaban J connectivity index is 1.45. The number of likely N-dealkylation sites (tertiary alicyclic amines) is 1. The van der Waals surface area contributed by atoms with Gasteiger partial charge in [-0.3, -0.25) is 62.5 Å². The number of aliphatic hydroxyl groups is 1. The van der Waals surface area contributed by atoms with Crippen LogP contribution in [0.3, 0.4) is 0 Å². The van der Waals surface area contributed by atoms with Gasteiger partial charge in [-0.1, -0.05) is 58.0 Å². The summed E-state index contributed by atoms with van der Waals surface area (Å²) in [4.78, 5) is 181. The maximum atomic E-state index is 15.0. The van der Waals surface area contributed by atoms with Gasteiger partial charge in [-0.25, -0.2) is 4.98 Å². The lowest BCUT2D eigenvalue weighted by atomic mass is 10.00. The number of amides is 12. The number of phenolic OH excluding ortho intramolecular Hbond substituents is 1. The summed E-state index contributed by atoms with van der Waals surface area (Å²) in [5.74, 6) is -7.29. The molecule has 32 nitrogen and oxygen atoms in total. The number of imidazole rings is 1. The molecule has 2 aromatic heterocycles. The van der Waals surface area contributed by atoms with E-state index in [0.29, 0.717) is 34.1 Å². The van der Waals surface area contributed by atoms with E-state index in [1.807, 2.05) is 0 Å². The number of guanidine groups is 1. The van der Waals surface area contributed by atoms with Crippen LogP contribution in [0.15, 0.2) is 72.2 Å². The number of benzene rings is 2. The molecular formula is C66H94N18O14. The zero-order chi connectivity index (χ0) is 71.8. The molecule has 1 aliphatic heterocycles. The van der Waals surface area contributed by atoms with Crippen LogP contribution < -0.4 is 70.4 Å². The lowest BCUT2D eigenvalue weighted by molar-refractivity contribution is -0.142. The molecule has 2 aromatic carbocycles. The number of aliphatic imine (C=N–C) groups is 1. The van der Waals surface area contributed by atoms with Crippen molar-refractivity contribution in [2.24, 2.45) is 28.1 Å². The maximum absolute atomic E-state index is 15.0. The summed E-state index contributed by atoms with van der Waals surface area (Å²) < 4.78 is 0. The number of aromatic nitrogens is 3. The number of hydrogen-bond acceptors (Lipinski definition) is 16. The minimum absolute atomic E-state index is 0.000538. The largest absolute Gasteiger partial charge is 0.508 e. The number of H-pyrrole nitrogens is 2. The summed E-state index contributed by atoms with van der Waals surface area (Å²) in [6.45, 7) is 5.66. The zero-order valence-corrected chi connectivity index (χ0v) is 55.7. The van der Waals surface area contributed by atoms with Crippen molar-refractivity contribution in [1.82, 2.24) is 73.0 Å². The molecule has 3 heterocycles. The van der Waals surface area contributed by atoms with E-state index in [2.05, 4.69) is 79.0 Å². The van der Waals surface area contributed by atoms with Gasteiger partial charge < -0.3 is 95.4 Å². The highest BCUT2D eigenvalue weighted by atomic mass is 16.3. The van der Waals surface area contributed by atoms with Gasteiger partial charge in [-0.15, -0.1) is 12.3 Å². The standard InChI is InChI=1S/C66H94N18O14/c1-6-9-21-56(89)71-26-13-12-18-46(58(91)79-48(29-38(4)5)59(92)78-47(19-14-27-72-66(68)69)65(98)84-28-15-20-53(84)64(97)74-35-54(67)87)77-60(93)49(30-39-22-24-42(86)25-23-39)80-63(96)52(36-85)83-61(94)50(31-40-33-73-45-17-11-10-16-43(40)45)81-62(95)51(32-41-34-70-37-75-41)82-57(90)44(7-2)76-55(88)8-3/h1,10-11,16-17,22-25,33-34,37-38,44,46-53,73,85-86H,7-9,12-15,18-21,26-32,35-36H2,2-5H3,(H2,67,87)(H,70,75)(H,71,89)(H,74,97)(H,76,88)(H,77,93)(H,78,92)(H,79,91)(H,80,96)(H,81,95)(H,82,90)(H,83,94)(H4,68,69,72)/t44-,46+,47-,48-,49-,50-,51-,52-,53-/m0/s1. The van der Waals surface area contributed by atoms with E-state index in [0.717, 1.165) is 0 Å². The highest BCUT2D eigenvalue weighted by molar-refractivity contribution is 5.99. The molecular weight excluding hydrogens is 1270 g/mol. The molecule has 5 rings (SSSR count). The summed E-state index contributed by atoms with van der Waals surface area (Å²) in [5.41, 5.74) is 18.4. The van der Waals surface area contributed by atoms with Crippen molar-refractivity contribution in [3.63, 3.8) is 0 Å². The van der Waals surface area contributed by atoms with Crippen molar-refractivity contribution in [1.29, 1.82) is 0 Å². The fourth-order valence-corrected chi connectivity index (χ4v) is 10.9. The number of aromatic hydroxyl groups is 1. The number of nitrogens with one attached hydrogen (secondary N) is 12. The van der Waals surface area contributed by atoms with E-state index in [1.165, 1.54) is 41.7 Å². The molecule has 0 radical (unpaired) electrons. The number of nitrogens with zero attached hydrogens (tertiary/aromatic N) is 3. The highest BCUT2D eigenvalue weighted by Gasteiger charge is 2.40. The fourth-order valence-electron chi connectivity index (χ4n) is 10.9. The number of nitrogens with two attached hydrogens (primary N) is 3. The third-order valence-electron chi connectivity index (χ3n) is 16.1. The Kier molecular flexibility index (Phi) is 32.0. The summed E-state index contributed by atoms with van der Waals surface area (Å²) >= 11 is 0. The number of para-hydroxylation sites is 1. The summed E-state index contributed by atoms with van der Waals surface area (Å²) in [7, 11) is 0. The van der Waals surface area contributed by atoms with E-state index in [-0.39, 0.29) is 133 Å². The molecule has 20 N–H and O–H groups in total. The van der Waals surface area contributed by atoms with Crippen molar-refractivity contribution >= 4 is 87.7 Å². The second kappa shape index (κ2) is 40.1. The summed E-state index contributed by atoms with van der Waals surface area (Å²) in [6.07, 6.45) is 10.8.